The van der Waals surface area contributed by atoms with Crippen LogP contribution >= 0.6 is 0 Å². The predicted molar refractivity (Wildman–Crippen MR) is 97.2 cm³/mol. The molecule has 2 aromatic heterocycles. The number of esters is 1. The van der Waals surface area contributed by atoms with Crippen molar-refractivity contribution in [3.8, 4) is 22.6 Å². The number of methoxy groups -OCH3 is 1. The van der Waals surface area contributed by atoms with Crippen molar-refractivity contribution in [2.75, 3.05) is 7.11 Å². The van der Waals surface area contributed by atoms with Crippen molar-refractivity contribution in [3.63, 3.8) is 0 Å². The number of aryl methyl sites for hydroxylation is 1. The molecule has 0 aliphatic carbocycles. The summed E-state index contributed by atoms with van der Waals surface area (Å²) in [5, 5.41) is 16.5. The van der Waals surface area contributed by atoms with Crippen molar-refractivity contribution in [1.29, 1.82) is 0 Å². The normalized spacial score (nSPS) is 11.0. The number of hydrogen-bond donors (Lipinski definition) is 2. The van der Waals surface area contributed by atoms with Gasteiger partial charge in [0.25, 0.3) is 0 Å². The van der Waals surface area contributed by atoms with E-state index in [-0.39, 0.29) is 18.2 Å². The smallest absolute Gasteiger partial charge is 0.305 e. The molecule has 136 valence electrons. The highest BCUT2D eigenvalue weighted by Crippen LogP contribution is 2.29. The number of benzene rings is 2. The van der Waals surface area contributed by atoms with E-state index in [1.807, 2.05) is 18.2 Å². The molecular weight excluding hydrogens is 349 g/mol. The molecule has 4 rings (SSSR count). The molecule has 0 radical (unpaired) electrons. The number of H-pyrrole nitrogens is 2. The molecule has 0 saturated carbocycles. The van der Waals surface area contributed by atoms with E-state index in [0.29, 0.717) is 18.1 Å². The Bertz CT molecular complexity index is 1100. The summed E-state index contributed by atoms with van der Waals surface area (Å²) in [4.78, 5) is 14.4. The number of fused-ring (bicyclic) bond motifs is 1. The van der Waals surface area contributed by atoms with E-state index in [4.69, 9.17) is 0 Å². The number of rotatable bonds is 5. The van der Waals surface area contributed by atoms with Gasteiger partial charge in [-0.05, 0) is 42.5 Å². The summed E-state index contributed by atoms with van der Waals surface area (Å²) in [5.41, 5.74) is 3.25. The Morgan fingerprint density at radius 2 is 1.89 bits per heavy atom. The van der Waals surface area contributed by atoms with Gasteiger partial charge < -0.3 is 9.72 Å². The first-order valence-electron chi connectivity index (χ1n) is 8.37. The number of aromatic nitrogens is 5. The topological polar surface area (TPSA) is 96.6 Å². The van der Waals surface area contributed by atoms with Crippen molar-refractivity contribution in [3.05, 3.63) is 54.1 Å². The van der Waals surface area contributed by atoms with Crippen LogP contribution in [0.4, 0.5) is 4.39 Å². The quantitative estimate of drug-likeness (QED) is 0.529. The minimum Gasteiger partial charge on any atom is -0.469 e. The lowest BCUT2D eigenvalue weighted by Crippen LogP contribution is -2.02. The molecule has 0 spiro atoms. The average molecular weight is 365 g/mol. The maximum absolute atomic E-state index is 13.2. The van der Waals surface area contributed by atoms with Gasteiger partial charge in [0.1, 0.15) is 11.6 Å². The molecule has 7 nitrogen and oxygen atoms in total. The monoisotopic (exact) mass is 365 g/mol. The van der Waals surface area contributed by atoms with Crippen LogP contribution in [-0.4, -0.2) is 38.5 Å². The van der Waals surface area contributed by atoms with Crippen LogP contribution < -0.4 is 0 Å². The van der Waals surface area contributed by atoms with Crippen LogP contribution in [0.2, 0.25) is 0 Å². The molecule has 0 aliphatic heterocycles. The Balaban J connectivity index is 1.65. The predicted octanol–water partition coefficient (Wildman–Crippen LogP) is 3.26. The summed E-state index contributed by atoms with van der Waals surface area (Å²) in [6.45, 7) is 0. The van der Waals surface area contributed by atoms with Gasteiger partial charge in [0.2, 0.25) is 0 Å². The molecule has 27 heavy (non-hydrogen) atoms. The number of aromatic amines is 2. The lowest BCUT2D eigenvalue weighted by Gasteiger charge is -2.00. The molecule has 0 bridgehead atoms. The number of nitrogens with zero attached hydrogens (tertiary/aromatic N) is 3. The first-order chi connectivity index (χ1) is 13.1. The van der Waals surface area contributed by atoms with Gasteiger partial charge in [0.05, 0.1) is 24.7 Å². The van der Waals surface area contributed by atoms with Gasteiger partial charge in [-0.25, -0.2) is 4.39 Å². The summed E-state index contributed by atoms with van der Waals surface area (Å²) in [6.07, 6.45) is 0.662. The highest BCUT2D eigenvalue weighted by molar-refractivity contribution is 5.95. The number of hydrogen-bond acceptors (Lipinski definition) is 5. The first kappa shape index (κ1) is 16.9. The summed E-state index contributed by atoms with van der Waals surface area (Å²) < 4.78 is 17.8. The van der Waals surface area contributed by atoms with Crippen molar-refractivity contribution < 1.29 is 13.9 Å². The van der Waals surface area contributed by atoms with Crippen LogP contribution in [0, 0.1) is 5.82 Å². The Labute approximate surface area is 153 Å². The number of carbonyl (C=O) groups excluding carboxylic acids is 1. The van der Waals surface area contributed by atoms with Crippen molar-refractivity contribution in [1.82, 2.24) is 25.4 Å². The lowest BCUT2D eigenvalue weighted by molar-refractivity contribution is -0.140. The summed E-state index contributed by atoms with van der Waals surface area (Å²) in [6, 6.07) is 11.9. The Hall–Kier alpha value is -3.55. The van der Waals surface area contributed by atoms with E-state index in [1.165, 1.54) is 19.2 Å². The molecule has 2 aromatic carbocycles. The van der Waals surface area contributed by atoms with Gasteiger partial charge in [-0.15, -0.1) is 10.2 Å². The largest absolute Gasteiger partial charge is 0.469 e. The molecule has 4 aromatic rings. The lowest BCUT2D eigenvalue weighted by atomic mass is 10.1. The Morgan fingerprint density at radius 1 is 1.11 bits per heavy atom. The fourth-order valence-electron chi connectivity index (χ4n) is 2.85. The van der Waals surface area contributed by atoms with E-state index in [0.717, 1.165) is 27.7 Å². The second-order valence-corrected chi connectivity index (χ2v) is 6.04. The molecule has 2 heterocycles. The van der Waals surface area contributed by atoms with Crippen LogP contribution in [0.3, 0.4) is 0 Å². The van der Waals surface area contributed by atoms with Gasteiger partial charge in [-0.3, -0.25) is 9.89 Å². The van der Waals surface area contributed by atoms with E-state index in [2.05, 4.69) is 30.1 Å². The maximum atomic E-state index is 13.2. The number of halogens is 1. The van der Waals surface area contributed by atoms with E-state index in [9.17, 15) is 9.18 Å². The number of ether oxygens (including phenoxy) is 1. The number of nitrogens with one attached hydrogen (secondary N) is 2. The zero-order chi connectivity index (χ0) is 18.8. The van der Waals surface area contributed by atoms with Crippen LogP contribution in [0.25, 0.3) is 33.5 Å². The molecule has 2 N–H and O–H groups in total. The first-order valence-corrected chi connectivity index (χ1v) is 8.37. The van der Waals surface area contributed by atoms with Gasteiger partial charge >= 0.3 is 5.97 Å². The Morgan fingerprint density at radius 3 is 2.67 bits per heavy atom. The zero-order valence-corrected chi connectivity index (χ0v) is 14.5. The van der Waals surface area contributed by atoms with Gasteiger partial charge in [-0.1, -0.05) is 0 Å². The second-order valence-electron chi connectivity index (χ2n) is 6.04. The molecule has 0 saturated heterocycles. The summed E-state index contributed by atoms with van der Waals surface area (Å²) >= 11 is 0. The molecule has 0 amide bonds. The number of carbonyl (C=O) groups is 1. The molecule has 8 heteroatoms. The molecular formula is C19H16FN5O2. The third-order valence-corrected chi connectivity index (χ3v) is 4.28. The van der Waals surface area contributed by atoms with Crippen LogP contribution in [0.1, 0.15) is 12.2 Å². The SMILES string of the molecule is COC(=O)CCc1nnc(-c2ccc3[nH]nc(-c4ccc(F)cc4)c3c2)[nH]1. The molecule has 0 atom stereocenters. The maximum Gasteiger partial charge on any atom is 0.305 e. The standard InChI is InChI=1S/C19H16FN5O2/c1-27-17(26)9-8-16-21-19(25-23-16)12-4-7-15-14(10-12)18(24-22-15)11-2-5-13(20)6-3-11/h2-7,10H,8-9H2,1H3,(H,22,24)(H,21,23,25). The Kier molecular flexibility index (Phi) is 4.37. The highest BCUT2D eigenvalue weighted by atomic mass is 19.1. The fraction of sp³-hybridized carbons (Fsp3) is 0.158. The summed E-state index contributed by atoms with van der Waals surface area (Å²) in [7, 11) is 1.35. The van der Waals surface area contributed by atoms with Crippen molar-refractivity contribution in [2.24, 2.45) is 0 Å². The van der Waals surface area contributed by atoms with Crippen LogP contribution in [-0.2, 0) is 16.0 Å². The van der Waals surface area contributed by atoms with E-state index < -0.39 is 0 Å². The average Bonchev–Trinajstić information content (AvgIpc) is 3.33. The van der Waals surface area contributed by atoms with E-state index in [1.54, 1.807) is 12.1 Å². The van der Waals surface area contributed by atoms with Crippen LogP contribution in [0.15, 0.2) is 42.5 Å². The van der Waals surface area contributed by atoms with Gasteiger partial charge in [-0.2, -0.15) is 5.10 Å². The molecule has 0 unspecified atom stereocenters. The minimum absolute atomic E-state index is 0.237. The highest BCUT2D eigenvalue weighted by Gasteiger charge is 2.12. The van der Waals surface area contributed by atoms with E-state index >= 15 is 0 Å². The third-order valence-electron chi connectivity index (χ3n) is 4.28. The van der Waals surface area contributed by atoms with Gasteiger partial charge in [0, 0.05) is 22.9 Å². The van der Waals surface area contributed by atoms with Gasteiger partial charge in [0.15, 0.2) is 5.82 Å². The zero-order valence-electron chi connectivity index (χ0n) is 14.5. The fourth-order valence-corrected chi connectivity index (χ4v) is 2.85. The van der Waals surface area contributed by atoms with Crippen molar-refractivity contribution in [2.45, 2.75) is 12.8 Å². The third kappa shape index (κ3) is 3.41. The van der Waals surface area contributed by atoms with Crippen LogP contribution in [0.5, 0.6) is 0 Å². The van der Waals surface area contributed by atoms with Crippen molar-refractivity contribution >= 4 is 16.9 Å². The minimum atomic E-state index is -0.295. The summed E-state index contributed by atoms with van der Waals surface area (Å²) in [5.74, 6) is 0.626. The second kappa shape index (κ2) is 6.99. The molecule has 0 fully saturated rings. The molecule has 0 aliphatic rings.